The van der Waals surface area contributed by atoms with Crippen molar-refractivity contribution in [2.24, 2.45) is 0 Å². The number of aliphatic hydroxyl groups is 1. The number of aliphatic hydroxyl groups excluding tert-OH is 1. The van der Waals surface area contributed by atoms with E-state index >= 15 is 0 Å². The highest BCUT2D eigenvalue weighted by molar-refractivity contribution is 5.95. The van der Waals surface area contributed by atoms with Gasteiger partial charge in [-0.15, -0.1) is 0 Å². The second kappa shape index (κ2) is 9.82. The number of anilines is 2. The van der Waals surface area contributed by atoms with Crippen LogP contribution in [0.3, 0.4) is 0 Å². The molecule has 1 amide bonds. The van der Waals surface area contributed by atoms with Gasteiger partial charge in [0.25, 0.3) is 6.43 Å². The third kappa shape index (κ3) is 4.96. The standard InChI is InChI=1S/C24H27F3N6O2/c25-15-5-6-17(23(26)27)18(11-15)20-4-2-9-32(20)21-7-10-33-24(30-21)19(12-28-33)29-22(35)14-31-8-1-3-16(34)13-31/h5-7,10-12,16,20,23,34H,1-4,8-9,13-14H2,(H,29,35)/t16-,20-/m1/s1. The molecule has 0 spiro atoms. The maximum absolute atomic E-state index is 14.0. The fourth-order valence-corrected chi connectivity index (χ4v) is 5.07. The predicted molar refractivity (Wildman–Crippen MR) is 124 cm³/mol. The lowest BCUT2D eigenvalue weighted by Gasteiger charge is -2.29. The number of likely N-dealkylation sites (tertiary alicyclic amines) is 1. The van der Waals surface area contributed by atoms with E-state index in [1.165, 1.54) is 16.8 Å². The summed E-state index contributed by atoms with van der Waals surface area (Å²) in [4.78, 5) is 21.1. The molecule has 0 bridgehead atoms. The van der Waals surface area contributed by atoms with Crippen molar-refractivity contribution >= 4 is 23.1 Å². The Bertz CT molecular complexity index is 1220. The molecule has 2 fully saturated rings. The van der Waals surface area contributed by atoms with Crippen molar-refractivity contribution < 1.29 is 23.1 Å². The van der Waals surface area contributed by atoms with Gasteiger partial charge in [-0.1, -0.05) is 6.07 Å². The van der Waals surface area contributed by atoms with Crippen LogP contribution in [0.15, 0.2) is 36.7 Å². The highest BCUT2D eigenvalue weighted by atomic mass is 19.3. The molecule has 8 nitrogen and oxygen atoms in total. The van der Waals surface area contributed by atoms with Crippen LogP contribution in [0.2, 0.25) is 0 Å². The summed E-state index contributed by atoms with van der Waals surface area (Å²) in [6.07, 6.45) is 3.01. The van der Waals surface area contributed by atoms with E-state index in [0.717, 1.165) is 37.9 Å². The number of β-amino-alcohol motifs (C(OH)–C–C–N with tert-alkyl or cyclic N) is 1. The monoisotopic (exact) mass is 488 g/mol. The maximum atomic E-state index is 14.0. The van der Waals surface area contributed by atoms with Crippen molar-refractivity contribution in [3.8, 4) is 0 Å². The summed E-state index contributed by atoms with van der Waals surface area (Å²) in [7, 11) is 0. The van der Waals surface area contributed by atoms with E-state index in [1.54, 1.807) is 12.3 Å². The van der Waals surface area contributed by atoms with E-state index in [4.69, 9.17) is 0 Å². The zero-order chi connectivity index (χ0) is 24.5. The minimum Gasteiger partial charge on any atom is -0.392 e. The quantitative estimate of drug-likeness (QED) is 0.552. The number of fused-ring (bicyclic) bond motifs is 1. The van der Waals surface area contributed by atoms with Gasteiger partial charge in [-0.25, -0.2) is 22.7 Å². The molecule has 11 heteroatoms. The molecule has 2 saturated heterocycles. The number of nitrogens with one attached hydrogen (secondary N) is 1. The molecule has 0 saturated carbocycles. The normalized spacial score (nSPS) is 21.2. The first-order valence-corrected chi connectivity index (χ1v) is 11.8. The first-order chi connectivity index (χ1) is 16.9. The lowest BCUT2D eigenvalue weighted by atomic mass is 9.98. The Hall–Kier alpha value is -3.18. The van der Waals surface area contributed by atoms with E-state index in [9.17, 15) is 23.1 Å². The SMILES string of the molecule is O=C(CN1CCC[C@@H](O)C1)Nc1cnn2ccc(N3CCC[C@@H]3c3cc(F)ccc3C(F)F)nc12. The zero-order valence-electron chi connectivity index (χ0n) is 19.1. The number of halogens is 3. The fraction of sp³-hybridized carbons (Fsp3) is 0.458. The second-order valence-electron chi connectivity index (χ2n) is 9.12. The average Bonchev–Trinajstić information content (AvgIpc) is 3.46. The van der Waals surface area contributed by atoms with Gasteiger partial charge in [-0.3, -0.25) is 9.69 Å². The molecule has 35 heavy (non-hydrogen) atoms. The van der Waals surface area contributed by atoms with Gasteiger partial charge in [-0.05, 0) is 56.0 Å². The van der Waals surface area contributed by atoms with Gasteiger partial charge in [-0.2, -0.15) is 5.10 Å². The molecule has 0 aliphatic carbocycles. The molecular formula is C24H27F3N6O2. The predicted octanol–water partition coefficient (Wildman–Crippen LogP) is 3.54. The van der Waals surface area contributed by atoms with Crippen LogP contribution in [0, 0.1) is 5.82 Å². The lowest BCUT2D eigenvalue weighted by molar-refractivity contribution is -0.118. The molecule has 186 valence electrons. The number of carbonyl (C=O) groups excluding carboxylic acids is 1. The van der Waals surface area contributed by atoms with Crippen LogP contribution in [-0.2, 0) is 4.79 Å². The van der Waals surface area contributed by atoms with Gasteiger partial charge in [0.15, 0.2) is 5.65 Å². The first kappa shape index (κ1) is 23.6. The van der Waals surface area contributed by atoms with Crippen molar-refractivity contribution in [3.63, 3.8) is 0 Å². The molecule has 4 heterocycles. The third-order valence-electron chi connectivity index (χ3n) is 6.67. The van der Waals surface area contributed by atoms with Crippen LogP contribution in [0.4, 0.5) is 24.7 Å². The Balaban J connectivity index is 1.38. The van der Waals surface area contributed by atoms with E-state index < -0.39 is 24.4 Å². The number of carbonyl (C=O) groups is 1. The number of alkyl halides is 2. The molecular weight excluding hydrogens is 461 g/mol. The molecule has 5 rings (SSSR count). The van der Waals surface area contributed by atoms with Crippen LogP contribution >= 0.6 is 0 Å². The van der Waals surface area contributed by atoms with Gasteiger partial charge in [0.05, 0.1) is 24.9 Å². The molecule has 3 aromatic rings. The maximum Gasteiger partial charge on any atom is 0.264 e. The number of hydrogen-bond donors (Lipinski definition) is 2. The van der Waals surface area contributed by atoms with Crippen LogP contribution in [0.25, 0.3) is 5.65 Å². The summed E-state index contributed by atoms with van der Waals surface area (Å²) >= 11 is 0. The van der Waals surface area contributed by atoms with Crippen molar-refractivity contribution in [1.29, 1.82) is 0 Å². The number of rotatable bonds is 6. The molecule has 0 unspecified atom stereocenters. The summed E-state index contributed by atoms with van der Waals surface area (Å²) in [5.74, 6) is -0.247. The largest absolute Gasteiger partial charge is 0.392 e. The zero-order valence-corrected chi connectivity index (χ0v) is 19.1. The second-order valence-corrected chi connectivity index (χ2v) is 9.12. The van der Waals surface area contributed by atoms with Crippen LogP contribution in [-0.4, -0.2) is 62.8 Å². The van der Waals surface area contributed by atoms with Crippen LogP contribution in [0.5, 0.6) is 0 Å². The molecule has 2 N–H and O–H groups in total. The van der Waals surface area contributed by atoms with Gasteiger partial charge >= 0.3 is 0 Å². The lowest BCUT2D eigenvalue weighted by Crippen LogP contribution is -2.42. The van der Waals surface area contributed by atoms with E-state index in [-0.39, 0.29) is 23.6 Å². The van der Waals surface area contributed by atoms with E-state index in [2.05, 4.69) is 15.4 Å². The van der Waals surface area contributed by atoms with Crippen molar-refractivity contribution in [1.82, 2.24) is 19.5 Å². The number of aromatic nitrogens is 3. The third-order valence-corrected chi connectivity index (χ3v) is 6.67. The fourth-order valence-electron chi connectivity index (χ4n) is 5.07. The first-order valence-electron chi connectivity index (χ1n) is 11.8. The van der Waals surface area contributed by atoms with Crippen LogP contribution in [0.1, 0.15) is 49.3 Å². The number of nitrogens with zero attached hydrogens (tertiary/aromatic N) is 5. The van der Waals surface area contributed by atoms with E-state index in [0.29, 0.717) is 36.7 Å². The summed E-state index contributed by atoms with van der Waals surface area (Å²) in [5.41, 5.74) is 0.951. The molecule has 2 aliphatic rings. The van der Waals surface area contributed by atoms with Gasteiger partial charge < -0.3 is 15.3 Å². The summed E-state index contributed by atoms with van der Waals surface area (Å²) in [6, 6.07) is 4.69. The number of amides is 1. The van der Waals surface area contributed by atoms with Crippen molar-refractivity contribution in [3.05, 3.63) is 53.6 Å². The highest BCUT2D eigenvalue weighted by Crippen LogP contribution is 2.39. The average molecular weight is 489 g/mol. The Kier molecular flexibility index (Phi) is 6.61. The smallest absolute Gasteiger partial charge is 0.264 e. The van der Waals surface area contributed by atoms with Crippen LogP contribution < -0.4 is 10.2 Å². The molecule has 0 radical (unpaired) electrons. The Morgan fingerprint density at radius 3 is 2.83 bits per heavy atom. The summed E-state index contributed by atoms with van der Waals surface area (Å²) < 4.78 is 42.8. The number of benzene rings is 1. The number of piperidine rings is 1. The molecule has 2 aromatic heterocycles. The number of hydrogen-bond acceptors (Lipinski definition) is 6. The highest BCUT2D eigenvalue weighted by Gasteiger charge is 2.31. The Morgan fingerprint density at radius 1 is 1.20 bits per heavy atom. The molecule has 1 aromatic carbocycles. The van der Waals surface area contributed by atoms with Crippen molar-refractivity contribution in [2.45, 2.75) is 44.3 Å². The minimum atomic E-state index is -2.71. The summed E-state index contributed by atoms with van der Waals surface area (Å²) in [5, 5.41) is 16.9. The van der Waals surface area contributed by atoms with Gasteiger partial charge in [0, 0.05) is 24.8 Å². The summed E-state index contributed by atoms with van der Waals surface area (Å²) in [6.45, 7) is 1.94. The van der Waals surface area contributed by atoms with Gasteiger partial charge in [0.1, 0.15) is 17.3 Å². The topological polar surface area (TPSA) is 86.0 Å². The van der Waals surface area contributed by atoms with E-state index in [1.807, 2.05) is 9.80 Å². The Morgan fingerprint density at radius 2 is 2.03 bits per heavy atom. The molecule has 2 aliphatic heterocycles. The van der Waals surface area contributed by atoms with Crippen molar-refractivity contribution in [2.75, 3.05) is 36.4 Å². The van der Waals surface area contributed by atoms with Gasteiger partial charge in [0.2, 0.25) is 5.91 Å². The molecule has 2 atom stereocenters. The Labute approximate surface area is 200 Å². The minimum absolute atomic E-state index is 0.151.